The van der Waals surface area contributed by atoms with Crippen molar-refractivity contribution in [2.45, 2.75) is 71.8 Å². The molecule has 0 heterocycles. The van der Waals surface area contributed by atoms with Crippen LogP contribution in [0.1, 0.15) is 76.3 Å². The smallest absolute Gasteiger partial charge is 0.311 e. The molecule has 0 unspecified atom stereocenters. The standard InChI is InChI=1S/C29H38N2O6S/c1-20(2)8-6-4-5-7-9-26(32)31-19-21-10-15-24(25(18-21)35-3)37-28(34)17-16-27(33)36-23-13-11-22(12-14-23)29(30)38/h10-15,18,20H,4-9,16-17,19H2,1-3H3,(H2,30,38)(H,31,32). The Morgan fingerprint density at radius 2 is 1.53 bits per heavy atom. The largest absolute Gasteiger partial charge is 0.493 e. The highest BCUT2D eigenvalue weighted by Crippen LogP contribution is 2.28. The van der Waals surface area contributed by atoms with E-state index in [0.29, 0.717) is 30.0 Å². The van der Waals surface area contributed by atoms with Crippen LogP contribution in [0.5, 0.6) is 17.2 Å². The van der Waals surface area contributed by atoms with Crippen LogP contribution >= 0.6 is 12.2 Å². The summed E-state index contributed by atoms with van der Waals surface area (Å²) in [7, 11) is 1.47. The van der Waals surface area contributed by atoms with Gasteiger partial charge in [0.1, 0.15) is 10.7 Å². The van der Waals surface area contributed by atoms with E-state index in [0.717, 1.165) is 30.7 Å². The number of unbranched alkanes of at least 4 members (excludes halogenated alkanes) is 3. The van der Waals surface area contributed by atoms with Gasteiger partial charge in [-0.25, -0.2) is 0 Å². The molecule has 0 fully saturated rings. The maximum atomic E-state index is 12.3. The van der Waals surface area contributed by atoms with Gasteiger partial charge in [0.25, 0.3) is 0 Å². The minimum absolute atomic E-state index is 0.00833. The topological polar surface area (TPSA) is 117 Å². The highest BCUT2D eigenvalue weighted by Gasteiger charge is 2.14. The van der Waals surface area contributed by atoms with E-state index >= 15 is 0 Å². The van der Waals surface area contributed by atoms with Gasteiger partial charge in [0.05, 0.1) is 20.0 Å². The van der Waals surface area contributed by atoms with Gasteiger partial charge in [-0.15, -0.1) is 0 Å². The van der Waals surface area contributed by atoms with Crippen molar-refractivity contribution in [3.63, 3.8) is 0 Å². The lowest BCUT2D eigenvalue weighted by Gasteiger charge is -2.12. The summed E-state index contributed by atoms with van der Waals surface area (Å²) in [4.78, 5) is 36.8. The van der Waals surface area contributed by atoms with Crippen molar-refractivity contribution in [2.75, 3.05) is 7.11 Å². The van der Waals surface area contributed by atoms with Crippen LogP contribution in [0.2, 0.25) is 0 Å². The fraction of sp³-hybridized carbons (Fsp3) is 0.448. The van der Waals surface area contributed by atoms with Gasteiger partial charge in [0, 0.05) is 18.5 Å². The van der Waals surface area contributed by atoms with Crippen molar-refractivity contribution in [3.05, 3.63) is 53.6 Å². The molecule has 0 aromatic heterocycles. The SMILES string of the molecule is COc1cc(CNC(=O)CCCCCCC(C)C)ccc1OC(=O)CCC(=O)Oc1ccc(C(N)=S)cc1. The second kappa shape index (κ2) is 16.4. The van der Waals surface area contributed by atoms with Gasteiger partial charge >= 0.3 is 11.9 Å². The van der Waals surface area contributed by atoms with Gasteiger partial charge in [0.15, 0.2) is 11.5 Å². The maximum absolute atomic E-state index is 12.3. The fourth-order valence-electron chi connectivity index (χ4n) is 3.63. The van der Waals surface area contributed by atoms with E-state index in [1.807, 2.05) is 0 Å². The summed E-state index contributed by atoms with van der Waals surface area (Å²) in [5.41, 5.74) is 7.02. The maximum Gasteiger partial charge on any atom is 0.311 e. The predicted molar refractivity (Wildman–Crippen MR) is 150 cm³/mol. The van der Waals surface area contributed by atoms with Crippen molar-refractivity contribution in [1.82, 2.24) is 5.32 Å². The summed E-state index contributed by atoms with van der Waals surface area (Å²) in [5, 5.41) is 2.91. The lowest BCUT2D eigenvalue weighted by Crippen LogP contribution is -2.22. The summed E-state index contributed by atoms with van der Waals surface area (Å²) in [6.45, 7) is 4.79. The molecular weight excluding hydrogens is 504 g/mol. The number of carbonyl (C=O) groups excluding carboxylic acids is 3. The Morgan fingerprint density at radius 3 is 2.16 bits per heavy atom. The van der Waals surface area contributed by atoms with E-state index in [1.54, 1.807) is 42.5 Å². The molecule has 206 valence electrons. The molecule has 2 aromatic rings. The minimum Gasteiger partial charge on any atom is -0.493 e. The van der Waals surface area contributed by atoms with Crippen molar-refractivity contribution in [2.24, 2.45) is 11.7 Å². The van der Waals surface area contributed by atoms with E-state index in [-0.39, 0.29) is 29.5 Å². The van der Waals surface area contributed by atoms with Crippen molar-refractivity contribution < 1.29 is 28.6 Å². The first-order valence-corrected chi connectivity index (χ1v) is 13.3. The summed E-state index contributed by atoms with van der Waals surface area (Å²) in [6.07, 6.45) is 5.72. The van der Waals surface area contributed by atoms with Gasteiger partial charge in [-0.2, -0.15) is 0 Å². The number of esters is 2. The average Bonchev–Trinajstić information content (AvgIpc) is 2.89. The Labute approximate surface area is 230 Å². The summed E-state index contributed by atoms with van der Waals surface area (Å²) >= 11 is 4.89. The first kappa shape index (κ1) is 30.8. The van der Waals surface area contributed by atoms with Crippen LogP contribution in [-0.2, 0) is 20.9 Å². The number of carbonyl (C=O) groups is 3. The monoisotopic (exact) mass is 542 g/mol. The number of rotatable bonds is 16. The zero-order valence-electron chi connectivity index (χ0n) is 22.4. The summed E-state index contributed by atoms with van der Waals surface area (Å²) in [5.74, 6) is 0.480. The molecule has 0 saturated heterocycles. The van der Waals surface area contributed by atoms with Crippen LogP contribution in [0.3, 0.4) is 0 Å². The van der Waals surface area contributed by atoms with Crippen molar-refractivity contribution in [3.8, 4) is 17.2 Å². The quantitative estimate of drug-likeness (QED) is 0.128. The highest BCUT2D eigenvalue weighted by molar-refractivity contribution is 7.80. The fourth-order valence-corrected chi connectivity index (χ4v) is 3.77. The number of methoxy groups -OCH3 is 1. The van der Waals surface area contributed by atoms with Crippen LogP contribution in [-0.4, -0.2) is 29.9 Å². The van der Waals surface area contributed by atoms with Gasteiger partial charge in [0.2, 0.25) is 5.91 Å². The Balaban J connectivity index is 1.74. The Morgan fingerprint density at radius 1 is 0.868 bits per heavy atom. The molecule has 2 aromatic carbocycles. The molecule has 3 N–H and O–H groups in total. The molecular formula is C29H38N2O6S. The molecule has 0 aliphatic rings. The van der Waals surface area contributed by atoms with Gasteiger partial charge in [-0.1, -0.05) is 57.8 Å². The van der Waals surface area contributed by atoms with Crippen LogP contribution in [0.15, 0.2) is 42.5 Å². The number of thiocarbonyl (C=S) groups is 1. The molecule has 0 saturated carbocycles. The van der Waals surface area contributed by atoms with Crippen LogP contribution in [0, 0.1) is 5.92 Å². The van der Waals surface area contributed by atoms with Gasteiger partial charge in [-0.3, -0.25) is 14.4 Å². The number of nitrogens with one attached hydrogen (secondary N) is 1. The molecule has 9 heteroatoms. The molecule has 2 rings (SSSR count). The zero-order valence-corrected chi connectivity index (χ0v) is 23.2. The zero-order chi connectivity index (χ0) is 27.9. The second-order valence-corrected chi connectivity index (χ2v) is 9.89. The Kier molecular flexibility index (Phi) is 13.3. The molecule has 1 amide bonds. The Hall–Kier alpha value is -3.46. The number of benzene rings is 2. The lowest BCUT2D eigenvalue weighted by molar-refractivity contribution is -0.140. The molecule has 0 radical (unpaired) electrons. The third-order valence-corrected chi connectivity index (χ3v) is 6.02. The number of hydrogen-bond donors (Lipinski definition) is 2. The molecule has 38 heavy (non-hydrogen) atoms. The average molecular weight is 543 g/mol. The predicted octanol–water partition coefficient (Wildman–Crippen LogP) is 5.23. The first-order chi connectivity index (χ1) is 18.2. The van der Waals surface area contributed by atoms with E-state index in [4.69, 9.17) is 32.2 Å². The first-order valence-electron chi connectivity index (χ1n) is 12.9. The van der Waals surface area contributed by atoms with Gasteiger partial charge < -0.3 is 25.3 Å². The van der Waals surface area contributed by atoms with E-state index < -0.39 is 11.9 Å². The van der Waals surface area contributed by atoms with Crippen molar-refractivity contribution >= 4 is 35.1 Å². The number of hydrogen-bond acceptors (Lipinski definition) is 7. The van der Waals surface area contributed by atoms with Gasteiger partial charge in [-0.05, 0) is 54.3 Å². The number of ether oxygens (including phenoxy) is 3. The van der Waals surface area contributed by atoms with E-state index in [1.165, 1.54) is 20.0 Å². The normalized spacial score (nSPS) is 10.6. The molecule has 0 bridgehead atoms. The Bertz CT molecular complexity index is 1080. The second-order valence-electron chi connectivity index (χ2n) is 9.45. The van der Waals surface area contributed by atoms with Crippen LogP contribution in [0.4, 0.5) is 0 Å². The van der Waals surface area contributed by atoms with Crippen LogP contribution < -0.4 is 25.3 Å². The molecule has 0 spiro atoms. The minimum atomic E-state index is -0.599. The summed E-state index contributed by atoms with van der Waals surface area (Å²) < 4.78 is 15.9. The number of nitrogens with two attached hydrogens (primary N) is 1. The third kappa shape index (κ3) is 11.7. The highest BCUT2D eigenvalue weighted by atomic mass is 32.1. The third-order valence-electron chi connectivity index (χ3n) is 5.78. The number of amides is 1. The molecule has 8 nitrogen and oxygen atoms in total. The summed E-state index contributed by atoms with van der Waals surface area (Å²) in [6, 6.07) is 11.5. The molecule has 0 aliphatic heterocycles. The van der Waals surface area contributed by atoms with Crippen LogP contribution in [0.25, 0.3) is 0 Å². The van der Waals surface area contributed by atoms with E-state index in [9.17, 15) is 14.4 Å². The molecule has 0 atom stereocenters. The molecule has 0 aliphatic carbocycles. The van der Waals surface area contributed by atoms with Crippen molar-refractivity contribution in [1.29, 1.82) is 0 Å². The van der Waals surface area contributed by atoms with E-state index in [2.05, 4.69) is 19.2 Å². The lowest BCUT2D eigenvalue weighted by atomic mass is 10.0.